The third kappa shape index (κ3) is 3.50. The molecular formula is C15H20N6O2S. The summed E-state index contributed by atoms with van der Waals surface area (Å²) in [5, 5.41) is 9.43. The number of fused-ring (bicyclic) bond motifs is 1. The van der Waals surface area contributed by atoms with Gasteiger partial charge in [-0.15, -0.1) is 5.10 Å². The lowest BCUT2D eigenvalue weighted by molar-refractivity contribution is -0.119. The molecule has 3 amide bonds. The number of imide groups is 1. The van der Waals surface area contributed by atoms with Crippen molar-refractivity contribution in [1.29, 1.82) is 0 Å². The first kappa shape index (κ1) is 16.7. The van der Waals surface area contributed by atoms with Crippen LogP contribution in [-0.2, 0) is 4.79 Å². The number of urea groups is 1. The Labute approximate surface area is 143 Å². The van der Waals surface area contributed by atoms with Crippen molar-refractivity contribution < 1.29 is 9.59 Å². The molecule has 9 heteroatoms. The number of aromatic nitrogens is 4. The third-order valence-corrected chi connectivity index (χ3v) is 4.99. The van der Waals surface area contributed by atoms with E-state index in [4.69, 9.17) is 0 Å². The zero-order valence-corrected chi connectivity index (χ0v) is 14.9. The van der Waals surface area contributed by atoms with Crippen molar-refractivity contribution in [2.45, 2.75) is 57.0 Å². The van der Waals surface area contributed by atoms with E-state index in [0.29, 0.717) is 10.9 Å². The number of nitrogens with one attached hydrogen (secondary N) is 2. The predicted molar refractivity (Wildman–Crippen MR) is 90.0 cm³/mol. The number of nitrogens with zero attached hydrogens (tertiary/aromatic N) is 4. The first-order chi connectivity index (χ1) is 11.3. The van der Waals surface area contributed by atoms with Crippen molar-refractivity contribution in [2.24, 2.45) is 0 Å². The van der Waals surface area contributed by atoms with Gasteiger partial charge in [-0.2, -0.15) is 4.98 Å². The van der Waals surface area contributed by atoms with Crippen molar-refractivity contribution in [1.82, 2.24) is 30.2 Å². The molecule has 24 heavy (non-hydrogen) atoms. The van der Waals surface area contributed by atoms with Gasteiger partial charge in [0.05, 0.1) is 5.25 Å². The number of hydrogen-bond donors (Lipinski definition) is 2. The van der Waals surface area contributed by atoms with Crippen LogP contribution in [0.1, 0.15) is 36.7 Å². The average Bonchev–Trinajstić information content (AvgIpc) is 3.23. The Bertz CT molecular complexity index is 814. The van der Waals surface area contributed by atoms with Gasteiger partial charge in [0.1, 0.15) is 0 Å². The molecule has 8 nitrogen and oxygen atoms in total. The van der Waals surface area contributed by atoms with Crippen molar-refractivity contribution in [3.8, 4) is 0 Å². The van der Waals surface area contributed by atoms with E-state index in [1.54, 1.807) is 11.4 Å². The van der Waals surface area contributed by atoms with Gasteiger partial charge < -0.3 is 5.32 Å². The highest BCUT2D eigenvalue weighted by Gasteiger charge is 2.25. The molecule has 2 aromatic rings. The molecule has 1 aliphatic carbocycles. The van der Waals surface area contributed by atoms with Crippen molar-refractivity contribution in [3.63, 3.8) is 0 Å². The first-order valence-corrected chi connectivity index (χ1v) is 8.71. The highest BCUT2D eigenvalue weighted by molar-refractivity contribution is 8.00. The van der Waals surface area contributed by atoms with E-state index in [2.05, 4.69) is 25.7 Å². The van der Waals surface area contributed by atoms with E-state index in [1.807, 2.05) is 20.8 Å². The van der Waals surface area contributed by atoms with Crippen molar-refractivity contribution >= 4 is 29.5 Å². The second-order valence-electron chi connectivity index (χ2n) is 6.01. The fourth-order valence-electron chi connectivity index (χ4n) is 2.16. The summed E-state index contributed by atoms with van der Waals surface area (Å²) >= 11 is 1.20. The second kappa shape index (κ2) is 6.39. The van der Waals surface area contributed by atoms with E-state index >= 15 is 0 Å². The van der Waals surface area contributed by atoms with Gasteiger partial charge >= 0.3 is 6.03 Å². The highest BCUT2D eigenvalue weighted by atomic mass is 32.2. The van der Waals surface area contributed by atoms with E-state index in [-0.39, 0.29) is 11.9 Å². The zero-order valence-electron chi connectivity index (χ0n) is 14.1. The number of carbonyl (C=O) groups excluding carboxylic acids is 2. The van der Waals surface area contributed by atoms with Gasteiger partial charge in [-0.1, -0.05) is 11.8 Å². The fourth-order valence-corrected chi connectivity index (χ4v) is 2.91. The van der Waals surface area contributed by atoms with Crippen LogP contribution >= 0.6 is 11.8 Å². The molecule has 0 saturated heterocycles. The normalized spacial score (nSPS) is 15.3. The molecule has 0 aliphatic heterocycles. The monoisotopic (exact) mass is 348 g/mol. The van der Waals surface area contributed by atoms with Gasteiger partial charge in [-0.25, -0.2) is 14.3 Å². The van der Waals surface area contributed by atoms with Crippen LogP contribution in [0.4, 0.5) is 4.79 Å². The summed E-state index contributed by atoms with van der Waals surface area (Å²) in [6, 6.07) is -0.233. The van der Waals surface area contributed by atoms with Crippen LogP contribution in [0, 0.1) is 20.8 Å². The zero-order chi connectivity index (χ0) is 17.4. The summed E-state index contributed by atoms with van der Waals surface area (Å²) in [5.74, 6) is 0.145. The molecule has 2 aromatic heterocycles. The minimum atomic E-state index is -0.491. The van der Waals surface area contributed by atoms with Gasteiger partial charge in [0.2, 0.25) is 11.1 Å². The van der Waals surface area contributed by atoms with Gasteiger partial charge in [0, 0.05) is 17.4 Å². The summed E-state index contributed by atoms with van der Waals surface area (Å²) in [7, 11) is 0. The molecule has 1 saturated carbocycles. The Kier molecular flexibility index (Phi) is 4.44. The predicted octanol–water partition coefficient (Wildman–Crippen LogP) is 1.52. The molecule has 3 rings (SSSR count). The minimum Gasteiger partial charge on any atom is -0.335 e. The molecule has 2 heterocycles. The summed E-state index contributed by atoms with van der Waals surface area (Å²) in [5.41, 5.74) is 2.94. The number of aryl methyl sites for hydroxylation is 2. The lowest BCUT2D eigenvalue weighted by Gasteiger charge is -2.09. The highest BCUT2D eigenvalue weighted by Crippen LogP contribution is 2.22. The molecule has 0 radical (unpaired) electrons. The maximum absolute atomic E-state index is 12.1. The van der Waals surface area contributed by atoms with Gasteiger partial charge in [0.25, 0.3) is 5.78 Å². The van der Waals surface area contributed by atoms with E-state index in [1.165, 1.54) is 11.8 Å². The minimum absolute atomic E-state index is 0.210. The van der Waals surface area contributed by atoms with Crippen LogP contribution in [0.25, 0.3) is 5.78 Å². The van der Waals surface area contributed by atoms with Crippen LogP contribution in [0.15, 0.2) is 5.16 Å². The molecule has 1 atom stereocenters. The van der Waals surface area contributed by atoms with Crippen molar-refractivity contribution in [2.75, 3.05) is 0 Å². The second-order valence-corrected chi connectivity index (χ2v) is 7.32. The number of carbonyl (C=O) groups is 2. The fraction of sp³-hybridized carbons (Fsp3) is 0.533. The van der Waals surface area contributed by atoms with Crippen molar-refractivity contribution in [3.05, 3.63) is 17.0 Å². The average molecular weight is 348 g/mol. The molecule has 128 valence electrons. The molecule has 0 aromatic carbocycles. The standard InChI is InChI=1S/C15H20N6O2S/c1-7-8(2)16-13-19-15(20-21(13)9(7)3)24-10(4)12(22)18-14(23)17-11-5-6-11/h10-11H,5-6H2,1-4H3,(H2,17,18,22,23). The summed E-state index contributed by atoms with van der Waals surface area (Å²) < 4.78 is 1.68. The van der Waals surface area contributed by atoms with Crippen LogP contribution in [-0.4, -0.2) is 42.8 Å². The number of amides is 3. The largest absolute Gasteiger partial charge is 0.335 e. The molecule has 1 aliphatic rings. The Hall–Kier alpha value is -2.16. The van der Waals surface area contributed by atoms with Gasteiger partial charge in [-0.3, -0.25) is 10.1 Å². The molecular weight excluding hydrogens is 328 g/mol. The smallest absolute Gasteiger partial charge is 0.321 e. The van der Waals surface area contributed by atoms with Gasteiger partial charge in [0.15, 0.2) is 0 Å². The number of hydrogen-bond acceptors (Lipinski definition) is 6. The quantitative estimate of drug-likeness (QED) is 0.813. The maximum Gasteiger partial charge on any atom is 0.321 e. The van der Waals surface area contributed by atoms with Crippen LogP contribution in [0.5, 0.6) is 0 Å². The SMILES string of the molecule is Cc1nc2nc(SC(C)C(=O)NC(=O)NC3CC3)nn2c(C)c1C. The lowest BCUT2D eigenvalue weighted by atomic mass is 10.2. The Morgan fingerprint density at radius 3 is 2.62 bits per heavy atom. The van der Waals surface area contributed by atoms with E-state index in [0.717, 1.165) is 29.8 Å². The molecule has 1 fully saturated rings. The Morgan fingerprint density at radius 2 is 1.96 bits per heavy atom. The van der Waals surface area contributed by atoms with Gasteiger partial charge in [-0.05, 0) is 46.1 Å². The summed E-state index contributed by atoms with van der Waals surface area (Å²) in [6.45, 7) is 7.59. The van der Waals surface area contributed by atoms with Crippen LogP contribution in [0.3, 0.4) is 0 Å². The lowest BCUT2D eigenvalue weighted by Crippen LogP contribution is -2.43. The number of thioether (sulfide) groups is 1. The third-order valence-electron chi connectivity index (χ3n) is 4.04. The topological polar surface area (TPSA) is 101 Å². The molecule has 0 bridgehead atoms. The molecule has 1 unspecified atom stereocenters. The maximum atomic E-state index is 12.1. The number of rotatable bonds is 4. The first-order valence-electron chi connectivity index (χ1n) is 7.83. The van der Waals surface area contributed by atoms with E-state index < -0.39 is 11.3 Å². The van der Waals surface area contributed by atoms with Crippen LogP contribution < -0.4 is 10.6 Å². The Morgan fingerprint density at radius 1 is 1.25 bits per heavy atom. The summed E-state index contributed by atoms with van der Waals surface area (Å²) in [6.07, 6.45) is 1.95. The van der Waals surface area contributed by atoms with Crippen LogP contribution in [0.2, 0.25) is 0 Å². The summed E-state index contributed by atoms with van der Waals surface area (Å²) in [4.78, 5) is 32.5. The molecule has 0 spiro atoms. The molecule has 2 N–H and O–H groups in total. The Balaban J connectivity index is 1.68. The van der Waals surface area contributed by atoms with E-state index in [9.17, 15) is 9.59 Å².